The summed E-state index contributed by atoms with van der Waals surface area (Å²) in [6.07, 6.45) is 1.41. The fraction of sp³-hybridized carbons (Fsp3) is 0.0667. The summed E-state index contributed by atoms with van der Waals surface area (Å²) in [5.41, 5.74) is 2.96. The van der Waals surface area contributed by atoms with E-state index >= 15 is 0 Å². The van der Waals surface area contributed by atoms with Gasteiger partial charge in [-0.3, -0.25) is 4.79 Å². The van der Waals surface area contributed by atoms with E-state index < -0.39 is 5.91 Å². The molecule has 114 valence electrons. The molecule has 2 aromatic rings. The SMILES string of the molecule is O=C(COc1ccc(Cl)cc1)N/N=C\c1ccc(F)c(Br)c1. The lowest BCUT2D eigenvalue weighted by Crippen LogP contribution is -2.24. The van der Waals surface area contributed by atoms with Gasteiger partial charge in [-0.1, -0.05) is 17.7 Å². The van der Waals surface area contributed by atoms with Gasteiger partial charge in [0.2, 0.25) is 0 Å². The van der Waals surface area contributed by atoms with E-state index in [0.29, 0.717) is 20.8 Å². The molecule has 0 bridgehead atoms. The molecule has 0 unspecified atom stereocenters. The van der Waals surface area contributed by atoms with Gasteiger partial charge in [-0.15, -0.1) is 0 Å². The van der Waals surface area contributed by atoms with Crippen molar-refractivity contribution in [1.29, 1.82) is 0 Å². The van der Waals surface area contributed by atoms with Gasteiger partial charge in [0.05, 0.1) is 10.7 Å². The third-order valence-corrected chi connectivity index (χ3v) is 3.39. The third kappa shape index (κ3) is 5.13. The molecular formula is C15H11BrClFN2O2. The Morgan fingerprint density at radius 3 is 2.73 bits per heavy atom. The number of halogens is 3. The van der Waals surface area contributed by atoms with Gasteiger partial charge < -0.3 is 4.74 Å². The molecule has 1 amide bonds. The second kappa shape index (κ2) is 7.91. The minimum Gasteiger partial charge on any atom is -0.484 e. The van der Waals surface area contributed by atoms with Gasteiger partial charge in [0.15, 0.2) is 6.61 Å². The Morgan fingerprint density at radius 1 is 1.32 bits per heavy atom. The van der Waals surface area contributed by atoms with Gasteiger partial charge in [-0.2, -0.15) is 5.10 Å². The van der Waals surface area contributed by atoms with Crippen LogP contribution in [-0.4, -0.2) is 18.7 Å². The molecule has 0 spiro atoms. The first-order valence-electron chi connectivity index (χ1n) is 6.20. The van der Waals surface area contributed by atoms with Crippen molar-refractivity contribution >= 4 is 39.7 Å². The molecule has 0 fully saturated rings. The molecule has 0 saturated carbocycles. The topological polar surface area (TPSA) is 50.7 Å². The number of rotatable bonds is 5. The predicted molar refractivity (Wildman–Crippen MR) is 86.8 cm³/mol. The molecular weight excluding hydrogens is 375 g/mol. The second-order valence-electron chi connectivity index (χ2n) is 4.21. The van der Waals surface area contributed by atoms with Crippen molar-refractivity contribution < 1.29 is 13.9 Å². The van der Waals surface area contributed by atoms with Crippen LogP contribution >= 0.6 is 27.5 Å². The highest BCUT2D eigenvalue weighted by atomic mass is 79.9. The highest BCUT2D eigenvalue weighted by Gasteiger charge is 2.02. The van der Waals surface area contributed by atoms with Crippen LogP contribution in [0, 0.1) is 5.82 Å². The molecule has 0 aromatic heterocycles. The Balaban J connectivity index is 1.80. The number of amides is 1. The largest absolute Gasteiger partial charge is 0.484 e. The van der Waals surface area contributed by atoms with Crippen LogP contribution in [0.1, 0.15) is 5.56 Å². The Bertz CT molecular complexity index is 692. The number of hydrogen-bond donors (Lipinski definition) is 1. The van der Waals surface area contributed by atoms with Crippen molar-refractivity contribution in [1.82, 2.24) is 5.43 Å². The maximum atomic E-state index is 13.0. The van der Waals surface area contributed by atoms with E-state index in [1.807, 2.05) is 0 Å². The number of hydrazone groups is 1. The Labute approximate surface area is 140 Å². The normalized spacial score (nSPS) is 10.7. The first-order chi connectivity index (χ1) is 10.5. The predicted octanol–water partition coefficient (Wildman–Crippen LogP) is 3.77. The summed E-state index contributed by atoms with van der Waals surface area (Å²) in [4.78, 5) is 11.5. The van der Waals surface area contributed by atoms with E-state index in [-0.39, 0.29) is 12.4 Å². The van der Waals surface area contributed by atoms with Gasteiger partial charge in [-0.25, -0.2) is 9.82 Å². The van der Waals surface area contributed by atoms with Crippen molar-refractivity contribution in [2.24, 2.45) is 5.10 Å². The summed E-state index contributed by atoms with van der Waals surface area (Å²) in [5, 5.41) is 4.36. The first-order valence-corrected chi connectivity index (χ1v) is 7.37. The van der Waals surface area contributed by atoms with Gasteiger partial charge in [0.25, 0.3) is 5.91 Å². The lowest BCUT2D eigenvalue weighted by molar-refractivity contribution is -0.123. The molecule has 0 atom stereocenters. The van der Waals surface area contributed by atoms with Crippen molar-refractivity contribution in [2.75, 3.05) is 6.61 Å². The molecule has 2 rings (SSSR count). The zero-order valence-corrected chi connectivity index (χ0v) is 13.6. The van der Waals surface area contributed by atoms with Crippen LogP contribution in [0.4, 0.5) is 4.39 Å². The Morgan fingerprint density at radius 2 is 2.05 bits per heavy atom. The molecule has 0 heterocycles. The Kier molecular flexibility index (Phi) is 5.91. The van der Waals surface area contributed by atoms with Gasteiger partial charge in [0, 0.05) is 5.02 Å². The first kappa shape index (κ1) is 16.5. The van der Waals surface area contributed by atoms with Crippen LogP contribution in [-0.2, 0) is 4.79 Å². The van der Waals surface area contributed by atoms with Crippen LogP contribution in [0.25, 0.3) is 0 Å². The number of benzene rings is 2. The average Bonchev–Trinajstić information content (AvgIpc) is 2.50. The number of hydrogen-bond acceptors (Lipinski definition) is 3. The second-order valence-corrected chi connectivity index (χ2v) is 5.50. The van der Waals surface area contributed by atoms with Crippen molar-refractivity contribution in [3.05, 3.63) is 63.3 Å². The number of nitrogens with one attached hydrogen (secondary N) is 1. The standard InChI is InChI=1S/C15H11BrClFN2O2/c16-13-7-10(1-6-14(13)18)8-19-20-15(21)9-22-12-4-2-11(17)3-5-12/h1-8H,9H2,(H,20,21)/b19-8-. The van der Waals surface area contributed by atoms with Crippen LogP contribution in [0.2, 0.25) is 5.02 Å². The smallest absolute Gasteiger partial charge is 0.277 e. The van der Waals surface area contributed by atoms with E-state index in [0.717, 1.165) is 0 Å². The van der Waals surface area contributed by atoms with Crippen LogP contribution in [0.5, 0.6) is 5.75 Å². The molecule has 0 radical (unpaired) electrons. The van der Waals surface area contributed by atoms with E-state index in [4.69, 9.17) is 16.3 Å². The summed E-state index contributed by atoms with van der Waals surface area (Å²) in [6.45, 7) is -0.175. The molecule has 0 saturated heterocycles. The monoisotopic (exact) mass is 384 g/mol. The number of carbonyl (C=O) groups is 1. The minimum absolute atomic E-state index is 0.175. The van der Waals surface area contributed by atoms with Gasteiger partial charge >= 0.3 is 0 Å². The van der Waals surface area contributed by atoms with Crippen LogP contribution in [0.3, 0.4) is 0 Å². The van der Waals surface area contributed by atoms with E-state index in [1.165, 1.54) is 12.3 Å². The molecule has 0 aliphatic rings. The van der Waals surface area contributed by atoms with E-state index in [1.54, 1.807) is 36.4 Å². The molecule has 2 aromatic carbocycles. The van der Waals surface area contributed by atoms with Crippen LogP contribution in [0.15, 0.2) is 52.0 Å². The fourth-order valence-electron chi connectivity index (χ4n) is 1.48. The molecule has 0 aliphatic carbocycles. The highest BCUT2D eigenvalue weighted by Crippen LogP contribution is 2.16. The van der Waals surface area contributed by atoms with Crippen molar-refractivity contribution in [2.45, 2.75) is 0 Å². The highest BCUT2D eigenvalue weighted by molar-refractivity contribution is 9.10. The summed E-state index contributed by atoms with van der Waals surface area (Å²) in [6, 6.07) is 11.1. The molecule has 1 N–H and O–H groups in total. The third-order valence-electron chi connectivity index (χ3n) is 2.53. The Hall–Kier alpha value is -1.92. The summed E-state index contributed by atoms with van der Waals surface area (Å²) in [7, 11) is 0. The quantitative estimate of drug-likeness (QED) is 0.629. The average molecular weight is 386 g/mol. The van der Waals surface area contributed by atoms with E-state index in [2.05, 4.69) is 26.5 Å². The zero-order chi connectivity index (χ0) is 15.9. The maximum absolute atomic E-state index is 13.0. The summed E-state index contributed by atoms with van der Waals surface area (Å²) < 4.78 is 18.6. The molecule has 22 heavy (non-hydrogen) atoms. The lowest BCUT2D eigenvalue weighted by atomic mass is 10.2. The summed E-state index contributed by atoms with van der Waals surface area (Å²) in [5.74, 6) is -0.240. The van der Waals surface area contributed by atoms with Gasteiger partial charge in [-0.05, 0) is 57.9 Å². The van der Waals surface area contributed by atoms with E-state index in [9.17, 15) is 9.18 Å². The molecule has 0 aliphatic heterocycles. The minimum atomic E-state index is -0.410. The van der Waals surface area contributed by atoms with Crippen LogP contribution < -0.4 is 10.2 Å². The zero-order valence-electron chi connectivity index (χ0n) is 11.2. The summed E-state index contributed by atoms with van der Waals surface area (Å²) >= 11 is 8.81. The number of ether oxygens (including phenoxy) is 1. The maximum Gasteiger partial charge on any atom is 0.277 e. The van der Waals surface area contributed by atoms with Crippen molar-refractivity contribution in [3.63, 3.8) is 0 Å². The lowest BCUT2D eigenvalue weighted by Gasteiger charge is -2.04. The van der Waals surface area contributed by atoms with Crippen molar-refractivity contribution in [3.8, 4) is 5.75 Å². The number of carbonyl (C=O) groups excluding carboxylic acids is 1. The number of nitrogens with zero attached hydrogens (tertiary/aromatic N) is 1. The van der Waals surface area contributed by atoms with Gasteiger partial charge in [0.1, 0.15) is 11.6 Å². The molecule has 7 heteroatoms. The molecule has 4 nitrogen and oxygen atoms in total. The fourth-order valence-corrected chi connectivity index (χ4v) is 2.01.